The molecule has 14 aromatic carbocycles. The van der Waals surface area contributed by atoms with Crippen LogP contribution in [0.5, 0.6) is 0 Å². The molecule has 0 amide bonds. The number of hydrogen-bond donors (Lipinski definition) is 0. The van der Waals surface area contributed by atoms with Gasteiger partial charge in [-0.25, -0.2) is 0 Å². The van der Waals surface area contributed by atoms with Crippen molar-refractivity contribution in [3.8, 4) is 44.8 Å². The lowest BCUT2D eigenvalue weighted by Crippen LogP contribution is -2.00. The number of benzene rings is 14. The van der Waals surface area contributed by atoms with Crippen LogP contribution >= 0.6 is 0 Å². The normalized spacial score (nSPS) is 12.1. The molecular formula is C72H44N2. The van der Waals surface area contributed by atoms with Crippen molar-refractivity contribution in [1.29, 1.82) is 0 Å². The first-order valence-corrected chi connectivity index (χ1v) is 25.7. The van der Waals surface area contributed by atoms with Crippen molar-refractivity contribution in [2.75, 3.05) is 0 Å². The monoisotopic (exact) mass is 936 g/mol. The summed E-state index contributed by atoms with van der Waals surface area (Å²) in [7, 11) is 0. The molecule has 0 aliphatic rings. The second kappa shape index (κ2) is 15.9. The van der Waals surface area contributed by atoms with Gasteiger partial charge in [0.15, 0.2) is 0 Å². The zero-order chi connectivity index (χ0) is 48.4. The van der Waals surface area contributed by atoms with E-state index in [0.29, 0.717) is 0 Å². The van der Waals surface area contributed by atoms with Crippen molar-refractivity contribution in [1.82, 2.24) is 9.13 Å². The van der Waals surface area contributed by atoms with E-state index in [0.717, 1.165) is 0 Å². The zero-order valence-electron chi connectivity index (χ0n) is 40.3. The predicted molar refractivity (Wildman–Crippen MR) is 316 cm³/mol. The summed E-state index contributed by atoms with van der Waals surface area (Å²) in [5.41, 5.74) is 14.4. The van der Waals surface area contributed by atoms with Crippen LogP contribution in [-0.2, 0) is 0 Å². The van der Waals surface area contributed by atoms with E-state index < -0.39 is 0 Å². The van der Waals surface area contributed by atoms with Crippen molar-refractivity contribution in [3.63, 3.8) is 0 Å². The van der Waals surface area contributed by atoms with Gasteiger partial charge in [0, 0.05) is 43.1 Å². The predicted octanol–water partition coefficient (Wildman–Crippen LogP) is 19.8. The fourth-order valence-electron chi connectivity index (χ4n) is 13.0. The number of rotatable bonds is 5. The molecule has 2 aromatic heterocycles. The van der Waals surface area contributed by atoms with Crippen molar-refractivity contribution >= 4 is 108 Å². The zero-order valence-corrected chi connectivity index (χ0v) is 40.3. The van der Waals surface area contributed by atoms with E-state index in [-0.39, 0.29) is 0 Å². The molecule has 2 nitrogen and oxygen atoms in total. The highest BCUT2D eigenvalue weighted by Gasteiger charge is 2.25. The van der Waals surface area contributed by atoms with Crippen molar-refractivity contribution in [3.05, 3.63) is 267 Å². The third kappa shape index (κ3) is 5.82. The minimum atomic E-state index is 1.18. The largest absolute Gasteiger partial charge is 0.308 e. The summed E-state index contributed by atoms with van der Waals surface area (Å²) in [5.74, 6) is 0. The van der Waals surface area contributed by atoms with Gasteiger partial charge in [-0.1, -0.05) is 218 Å². The molecule has 0 unspecified atom stereocenters. The molecule has 74 heavy (non-hydrogen) atoms. The Kier molecular flexibility index (Phi) is 8.78. The summed E-state index contributed by atoms with van der Waals surface area (Å²) in [6, 6.07) is 99.6. The minimum Gasteiger partial charge on any atom is -0.308 e. The Morgan fingerprint density at radius 2 is 0.392 bits per heavy atom. The molecular weight excluding hydrogens is 893 g/mol. The molecule has 0 aliphatic carbocycles. The summed E-state index contributed by atoms with van der Waals surface area (Å²) < 4.78 is 5.03. The van der Waals surface area contributed by atoms with Crippen LogP contribution in [0.4, 0.5) is 0 Å². The van der Waals surface area contributed by atoms with Gasteiger partial charge in [0.05, 0.1) is 33.4 Å². The number of fused-ring (bicyclic) bond motifs is 12. The van der Waals surface area contributed by atoms with Crippen LogP contribution in [0, 0.1) is 0 Å². The Morgan fingerprint density at radius 3 is 0.689 bits per heavy atom. The van der Waals surface area contributed by atoms with Crippen molar-refractivity contribution < 1.29 is 0 Å². The fourth-order valence-corrected chi connectivity index (χ4v) is 13.0. The van der Waals surface area contributed by atoms with Crippen LogP contribution < -0.4 is 0 Å². The second-order valence-electron chi connectivity index (χ2n) is 19.9. The summed E-state index contributed by atoms with van der Waals surface area (Å²) >= 11 is 0. The Bertz CT molecular complexity index is 4500. The van der Waals surface area contributed by atoms with Gasteiger partial charge in [0.1, 0.15) is 0 Å². The number of aromatic nitrogens is 2. The number of para-hydroxylation sites is 4. The maximum atomic E-state index is 2.51. The summed E-state index contributed by atoms with van der Waals surface area (Å²) in [4.78, 5) is 0. The Labute approximate surface area is 426 Å². The smallest absolute Gasteiger partial charge is 0.0619 e. The second-order valence-corrected chi connectivity index (χ2v) is 19.9. The Balaban J connectivity index is 1.06. The summed E-state index contributed by atoms with van der Waals surface area (Å²) in [6.45, 7) is 0. The summed E-state index contributed by atoms with van der Waals surface area (Å²) in [5, 5.41) is 19.6. The van der Waals surface area contributed by atoms with Crippen LogP contribution in [0.25, 0.3) is 153 Å². The van der Waals surface area contributed by atoms with Gasteiger partial charge in [0.2, 0.25) is 0 Å². The van der Waals surface area contributed by atoms with Gasteiger partial charge < -0.3 is 9.13 Å². The first-order valence-electron chi connectivity index (χ1n) is 25.7. The van der Waals surface area contributed by atoms with Gasteiger partial charge in [-0.2, -0.15) is 0 Å². The molecule has 0 N–H and O–H groups in total. The molecule has 2 heteroatoms. The molecule has 342 valence electrons. The molecule has 0 radical (unpaired) electrons. The third-order valence-corrected chi connectivity index (χ3v) is 16.0. The first kappa shape index (κ1) is 40.9. The molecule has 2 heterocycles. The fraction of sp³-hybridized carbons (Fsp3) is 0. The number of nitrogens with zero attached hydrogens (tertiary/aromatic N) is 2. The lowest BCUT2D eigenvalue weighted by atomic mass is 9.83. The van der Waals surface area contributed by atoms with Crippen LogP contribution in [0.1, 0.15) is 0 Å². The highest BCUT2D eigenvalue weighted by atomic mass is 15.0. The Morgan fingerprint density at radius 1 is 0.176 bits per heavy atom. The van der Waals surface area contributed by atoms with Crippen LogP contribution in [0.15, 0.2) is 267 Å². The van der Waals surface area contributed by atoms with Gasteiger partial charge in [-0.3, -0.25) is 0 Å². The van der Waals surface area contributed by atoms with E-state index in [9.17, 15) is 0 Å². The van der Waals surface area contributed by atoms with Crippen molar-refractivity contribution in [2.24, 2.45) is 0 Å². The molecule has 0 spiro atoms. The van der Waals surface area contributed by atoms with Crippen molar-refractivity contribution in [2.45, 2.75) is 0 Å². The van der Waals surface area contributed by atoms with E-state index in [1.807, 2.05) is 0 Å². The quantitative estimate of drug-likeness (QED) is 0.152. The van der Waals surface area contributed by atoms with Crippen LogP contribution in [-0.4, -0.2) is 9.13 Å². The van der Waals surface area contributed by atoms with E-state index in [2.05, 4.69) is 276 Å². The van der Waals surface area contributed by atoms with Gasteiger partial charge in [-0.05, 0) is 125 Å². The summed E-state index contributed by atoms with van der Waals surface area (Å²) in [6.07, 6.45) is 0. The topological polar surface area (TPSA) is 9.86 Å². The minimum absolute atomic E-state index is 1.18. The van der Waals surface area contributed by atoms with E-state index in [1.165, 1.54) is 153 Å². The lowest BCUT2D eigenvalue weighted by Gasteiger charge is -2.22. The first-order chi connectivity index (χ1) is 36.8. The lowest BCUT2D eigenvalue weighted by molar-refractivity contribution is 1.21. The SMILES string of the molecule is c1ccc2c(-c3cc(-c4c5ccccc5c(-n5c6ccccc6c6ccccc65)c5ccccc45)cc(-c4c5ccccc5c(-n5c6ccccc6c6ccccc65)c5ccccc45)c3)c3ccccc3cc2c1. The molecule has 0 fully saturated rings. The molecule has 0 saturated carbocycles. The molecule has 16 rings (SSSR count). The van der Waals surface area contributed by atoms with Gasteiger partial charge >= 0.3 is 0 Å². The van der Waals surface area contributed by atoms with E-state index in [4.69, 9.17) is 0 Å². The van der Waals surface area contributed by atoms with E-state index >= 15 is 0 Å². The molecule has 0 bridgehead atoms. The number of hydrogen-bond acceptors (Lipinski definition) is 0. The Hall–Kier alpha value is -9.76. The van der Waals surface area contributed by atoms with Gasteiger partial charge in [-0.15, -0.1) is 0 Å². The maximum Gasteiger partial charge on any atom is 0.0619 e. The average molecular weight is 937 g/mol. The highest BCUT2D eigenvalue weighted by molar-refractivity contribution is 6.24. The molecule has 0 saturated heterocycles. The molecule has 0 aliphatic heterocycles. The standard InChI is InChI=1S/C72H44N2/c1-3-23-50-45(21-1)41-46-22-2-4-24-51(46)68(50)47-42-48(69-56-29-5-9-33-60(56)71(61-34-10-6-30-57(61)69)73-64-37-17-13-25-52(64)53-26-14-18-38-65(53)73)44-49(43-47)70-58-31-7-11-35-62(58)72(63-36-12-8-32-59(63)70)74-66-39-19-15-27-54(66)55-28-16-20-40-67(55)74/h1-44H. The third-order valence-electron chi connectivity index (χ3n) is 16.0. The average Bonchev–Trinajstić information content (AvgIpc) is 3.99. The van der Waals surface area contributed by atoms with Gasteiger partial charge in [0.25, 0.3) is 0 Å². The molecule has 16 aromatic rings. The highest BCUT2D eigenvalue weighted by Crippen LogP contribution is 2.50. The van der Waals surface area contributed by atoms with Crippen LogP contribution in [0.2, 0.25) is 0 Å². The molecule has 0 atom stereocenters. The maximum absolute atomic E-state index is 2.51. The van der Waals surface area contributed by atoms with E-state index in [1.54, 1.807) is 0 Å². The van der Waals surface area contributed by atoms with Crippen LogP contribution in [0.3, 0.4) is 0 Å².